The molecule has 2 rings (SSSR count). The highest BCUT2D eigenvalue weighted by atomic mass is 32.1. The van der Waals surface area contributed by atoms with Crippen molar-refractivity contribution in [2.45, 2.75) is 13.3 Å². The molecule has 1 aromatic heterocycles. The van der Waals surface area contributed by atoms with Crippen LogP contribution in [0.4, 0.5) is 0 Å². The first kappa shape index (κ1) is 19.6. The fourth-order valence-electron chi connectivity index (χ4n) is 2.13. The van der Waals surface area contributed by atoms with Gasteiger partial charge in [0.25, 0.3) is 5.91 Å². The van der Waals surface area contributed by atoms with E-state index in [1.54, 1.807) is 5.38 Å². The van der Waals surface area contributed by atoms with Gasteiger partial charge in [0, 0.05) is 25.0 Å². The van der Waals surface area contributed by atoms with E-state index in [2.05, 4.69) is 10.3 Å². The number of nitrogens with one attached hydrogen (secondary N) is 1. The number of aryl methyl sites for hydroxylation is 1. The second-order valence-electron chi connectivity index (χ2n) is 5.77. The second kappa shape index (κ2) is 9.10. The molecule has 1 N–H and O–H groups in total. The second-order valence-corrected chi connectivity index (χ2v) is 6.63. The summed E-state index contributed by atoms with van der Waals surface area (Å²) >= 11 is 1.45. The van der Waals surface area contributed by atoms with Gasteiger partial charge in [0.1, 0.15) is 5.01 Å². The summed E-state index contributed by atoms with van der Waals surface area (Å²) in [6.07, 6.45) is -0.00520. The van der Waals surface area contributed by atoms with Crippen LogP contribution in [0.5, 0.6) is 0 Å². The minimum atomic E-state index is -0.534. The van der Waals surface area contributed by atoms with E-state index in [0.29, 0.717) is 5.69 Å². The highest BCUT2D eigenvalue weighted by Crippen LogP contribution is 2.24. The molecule has 0 radical (unpaired) electrons. The molecule has 1 heterocycles. The van der Waals surface area contributed by atoms with Gasteiger partial charge in [-0.05, 0) is 13.0 Å². The minimum Gasteiger partial charge on any atom is -0.455 e. The zero-order valence-corrected chi connectivity index (χ0v) is 15.8. The summed E-state index contributed by atoms with van der Waals surface area (Å²) in [5, 5.41) is 5.06. The SMILES string of the molecule is CNC(=O)CN(C)C(=O)COC(=O)Cc1csc(-c2cccc(C)c2)n1. The van der Waals surface area contributed by atoms with Crippen LogP contribution in [0.25, 0.3) is 10.6 Å². The van der Waals surface area contributed by atoms with Crippen LogP contribution in [0.15, 0.2) is 29.6 Å². The van der Waals surface area contributed by atoms with Gasteiger partial charge < -0.3 is 15.0 Å². The number of amides is 2. The molecule has 7 nitrogen and oxygen atoms in total. The maximum absolute atomic E-state index is 11.9. The molecule has 0 fully saturated rings. The van der Waals surface area contributed by atoms with E-state index < -0.39 is 18.5 Å². The van der Waals surface area contributed by atoms with Gasteiger partial charge in [0.2, 0.25) is 5.91 Å². The molecule has 0 atom stereocenters. The standard InChI is InChI=1S/C18H21N3O4S/c1-12-5-4-6-13(7-12)18-20-14(11-26-18)8-17(24)25-10-16(23)21(3)9-15(22)19-2/h4-7,11H,8-10H2,1-3H3,(H,19,22). The Hall–Kier alpha value is -2.74. The molecule has 0 spiro atoms. The third-order valence-corrected chi connectivity index (χ3v) is 4.52. The van der Waals surface area contributed by atoms with Gasteiger partial charge in [0.15, 0.2) is 6.61 Å². The van der Waals surface area contributed by atoms with E-state index in [-0.39, 0.29) is 18.9 Å². The molecule has 1 aromatic carbocycles. The van der Waals surface area contributed by atoms with Gasteiger partial charge in [-0.15, -0.1) is 11.3 Å². The van der Waals surface area contributed by atoms with Gasteiger partial charge in [0.05, 0.1) is 18.7 Å². The molecule has 2 amide bonds. The lowest BCUT2D eigenvalue weighted by Gasteiger charge is -2.15. The molecule has 0 unspecified atom stereocenters. The summed E-state index contributed by atoms with van der Waals surface area (Å²) in [6.45, 7) is 1.52. The van der Waals surface area contributed by atoms with E-state index in [9.17, 15) is 14.4 Å². The minimum absolute atomic E-state index is 0.00520. The highest BCUT2D eigenvalue weighted by Gasteiger charge is 2.16. The largest absolute Gasteiger partial charge is 0.455 e. The Morgan fingerprint density at radius 1 is 1.31 bits per heavy atom. The quantitative estimate of drug-likeness (QED) is 0.739. The summed E-state index contributed by atoms with van der Waals surface area (Å²) in [6, 6.07) is 7.96. The van der Waals surface area contributed by atoms with Crippen LogP contribution in [0.2, 0.25) is 0 Å². The Bertz CT molecular complexity index is 803. The summed E-state index contributed by atoms with van der Waals surface area (Å²) in [5.41, 5.74) is 2.74. The zero-order chi connectivity index (χ0) is 19.1. The predicted octanol–water partition coefficient (Wildman–Crippen LogP) is 1.41. The lowest BCUT2D eigenvalue weighted by Crippen LogP contribution is -2.39. The Balaban J connectivity index is 1.85. The van der Waals surface area contributed by atoms with Crippen molar-refractivity contribution in [3.63, 3.8) is 0 Å². The van der Waals surface area contributed by atoms with Crippen LogP contribution >= 0.6 is 11.3 Å². The fourth-order valence-corrected chi connectivity index (χ4v) is 2.95. The molecular weight excluding hydrogens is 354 g/mol. The number of carbonyl (C=O) groups excluding carboxylic acids is 3. The molecule has 0 bridgehead atoms. The summed E-state index contributed by atoms with van der Waals surface area (Å²) in [4.78, 5) is 40.6. The Morgan fingerprint density at radius 3 is 2.77 bits per heavy atom. The maximum Gasteiger partial charge on any atom is 0.312 e. The van der Waals surface area contributed by atoms with Crippen molar-refractivity contribution in [1.29, 1.82) is 0 Å². The van der Waals surface area contributed by atoms with Crippen LogP contribution in [0.1, 0.15) is 11.3 Å². The van der Waals surface area contributed by atoms with Crippen molar-refractivity contribution in [2.24, 2.45) is 0 Å². The zero-order valence-electron chi connectivity index (χ0n) is 14.9. The van der Waals surface area contributed by atoms with Crippen LogP contribution in [0, 0.1) is 6.92 Å². The van der Waals surface area contributed by atoms with Crippen molar-refractivity contribution >= 4 is 29.1 Å². The summed E-state index contributed by atoms with van der Waals surface area (Å²) in [5.74, 6) is -1.27. The molecule has 8 heteroatoms. The number of ether oxygens (including phenoxy) is 1. The molecule has 138 valence electrons. The molecule has 0 aliphatic heterocycles. The highest BCUT2D eigenvalue weighted by molar-refractivity contribution is 7.13. The lowest BCUT2D eigenvalue weighted by atomic mass is 10.1. The Kier molecular flexibility index (Phi) is 6.85. The van der Waals surface area contributed by atoms with Crippen LogP contribution < -0.4 is 5.32 Å². The van der Waals surface area contributed by atoms with Crippen LogP contribution in [-0.2, 0) is 25.5 Å². The van der Waals surface area contributed by atoms with E-state index in [4.69, 9.17) is 4.74 Å². The molecule has 0 saturated carbocycles. The smallest absolute Gasteiger partial charge is 0.312 e. The number of rotatable bonds is 7. The number of aromatic nitrogens is 1. The Labute approximate surface area is 156 Å². The number of nitrogens with zero attached hydrogens (tertiary/aromatic N) is 2. The van der Waals surface area contributed by atoms with E-state index in [0.717, 1.165) is 16.1 Å². The summed E-state index contributed by atoms with van der Waals surface area (Å²) < 4.78 is 4.98. The number of carbonyl (C=O) groups is 3. The molecule has 2 aromatic rings. The normalized spacial score (nSPS) is 10.3. The molecule has 0 aliphatic rings. The van der Waals surface area contributed by atoms with E-state index in [1.165, 1.54) is 30.3 Å². The van der Waals surface area contributed by atoms with Gasteiger partial charge >= 0.3 is 5.97 Å². The van der Waals surface area contributed by atoms with Gasteiger partial charge in [-0.25, -0.2) is 4.98 Å². The third kappa shape index (κ3) is 5.66. The number of likely N-dealkylation sites (N-methyl/N-ethyl adjacent to an activating group) is 2. The number of esters is 1. The number of hydrogen-bond acceptors (Lipinski definition) is 6. The first-order chi connectivity index (χ1) is 12.4. The van der Waals surface area contributed by atoms with Crippen LogP contribution in [0.3, 0.4) is 0 Å². The number of hydrogen-bond donors (Lipinski definition) is 1. The molecule has 0 aliphatic carbocycles. The average molecular weight is 375 g/mol. The monoisotopic (exact) mass is 375 g/mol. The molecule has 26 heavy (non-hydrogen) atoms. The van der Waals surface area contributed by atoms with Crippen molar-refractivity contribution in [3.05, 3.63) is 40.9 Å². The van der Waals surface area contributed by atoms with E-state index in [1.807, 2.05) is 31.2 Å². The van der Waals surface area contributed by atoms with Gasteiger partial charge in [-0.1, -0.05) is 23.8 Å². The first-order valence-electron chi connectivity index (χ1n) is 8.00. The van der Waals surface area contributed by atoms with Gasteiger partial charge in [-0.2, -0.15) is 0 Å². The van der Waals surface area contributed by atoms with Gasteiger partial charge in [-0.3, -0.25) is 14.4 Å². The van der Waals surface area contributed by atoms with Crippen molar-refractivity contribution in [2.75, 3.05) is 27.2 Å². The van der Waals surface area contributed by atoms with E-state index >= 15 is 0 Å². The van der Waals surface area contributed by atoms with Crippen molar-refractivity contribution in [3.8, 4) is 10.6 Å². The number of benzene rings is 1. The lowest BCUT2D eigenvalue weighted by molar-refractivity contribution is -0.151. The summed E-state index contributed by atoms with van der Waals surface area (Å²) in [7, 11) is 2.96. The first-order valence-corrected chi connectivity index (χ1v) is 8.88. The third-order valence-electron chi connectivity index (χ3n) is 3.58. The molecular formula is C18H21N3O4S. The van der Waals surface area contributed by atoms with Crippen molar-refractivity contribution in [1.82, 2.24) is 15.2 Å². The maximum atomic E-state index is 11.9. The average Bonchev–Trinajstić information content (AvgIpc) is 3.07. The predicted molar refractivity (Wildman–Crippen MR) is 98.7 cm³/mol. The number of thiazole rings is 1. The topological polar surface area (TPSA) is 88.6 Å². The molecule has 0 saturated heterocycles. The van der Waals surface area contributed by atoms with Crippen LogP contribution in [-0.4, -0.2) is 54.9 Å². The Morgan fingerprint density at radius 2 is 2.08 bits per heavy atom. The van der Waals surface area contributed by atoms with Crippen molar-refractivity contribution < 1.29 is 19.1 Å². The fraction of sp³-hybridized carbons (Fsp3) is 0.333.